The van der Waals surface area contributed by atoms with Gasteiger partial charge in [-0.1, -0.05) is 0 Å². The molecule has 0 atom stereocenters. The van der Waals surface area contributed by atoms with Gasteiger partial charge in [-0.3, -0.25) is 0 Å². The molecule has 1 aromatic heterocycles. The van der Waals surface area contributed by atoms with Crippen LogP contribution in [-0.2, 0) is 0 Å². The molecule has 0 bridgehead atoms. The van der Waals surface area contributed by atoms with Crippen LogP contribution in [0.3, 0.4) is 0 Å². The van der Waals surface area contributed by atoms with Crippen molar-refractivity contribution in [3.8, 4) is 11.3 Å². The Bertz CT molecular complexity index is 253. The van der Waals surface area contributed by atoms with Crippen LogP contribution in [0.5, 0.6) is 5.88 Å². The fraction of sp³-hybridized carbons (Fsp3) is 0.250. The van der Waals surface area contributed by atoms with E-state index < -0.39 is 0 Å². The quantitative estimate of drug-likeness (QED) is 0.495. The molecule has 10 heavy (non-hydrogen) atoms. The Kier molecular flexibility index (Phi) is 2.48. The first-order chi connectivity index (χ1) is 4.88. The van der Waals surface area contributed by atoms with E-state index in [9.17, 15) is 0 Å². The van der Waals surface area contributed by atoms with Crippen LogP contribution in [0.15, 0.2) is 5.03 Å². The molecule has 4 nitrogen and oxygen atoms in total. The Morgan fingerprint density at radius 1 is 1.70 bits per heavy atom. The second kappa shape index (κ2) is 3.39. The van der Waals surface area contributed by atoms with Crippen molar-refractivity contribution >= 4 is 23.5 Å². The largest absolute Gasteiger partial charge is 0.478 e. The third kappa shape index (κ3) is 1.37. The molecule has 0 fully saturated rings. The first-order valence-corrected chi connectivity index (χ1v) is 3.85. The molecule has 52 valence electrons. The average molecular weight is 173 g/mol. The minimum atomic E-state index is 0.427. The highest BCUT2D eigenvalue weighted by Crippen LogP contribution is 2.24. The smallest absolute Gasteiger partial charge is 0.260 e. The summed E-state index contributed by atoms with van der Waals surface area (Å²) < 4.78 is 12.4. The number of hydrogen-bond donors (Lipinski definition) is 0. The monoisotopic (exact) mass is 173 g/mol. The molecular formula is C4H3N3OS2. The van der Waals surface area contributed by atoms with Crippen LogP contribution in [0, 0.1) is 10.7 Å². The summed E-state index contributed by atoms with van der Waals surface area (Å²) in [5.74, 6) is 0.427. The summed E-state index contributed by atoms with van der Waals surface area (Å²) in [6, 6.07) is 0. The maximum absolute atomic E-state index is 8.25. The maximum Gasteiger partial charge on any atom is 0.260 e. The molecule has 0 aliphatic rings. The molecule has 1 rings (SSSR count). The molecule has 0 saturated carbocycles. The number of rotatable bonds is 2. The van der Waals surface area contributed by atoms with Gasteiger partial charge in [0.15, 0.2) is 5.03 Å². The molecule has 1 heterocycles. The zero-order valence-electron chi connectivity index (χ0n) is 5.07. The van der Waals surface area contributed by atoms with E-state index >= 15 is 0 Å². The van der Waals surface area contributed by atoms with Crippen molar-refractivity contribution in [1.29, 1.82) is 5.26 Å². The van der Waals surface area contributed by atoms with Crippen molar-refractivity contribution in [1.82, 2.24) is 8.75 Å². The van der Waals surface area contributed by atoms with E-state index in [0.29, 0.717) is 10.9 Å². The van der Waals surface area contributed by atoms with Crippen LogP contribution in [-0.4, -0.2) is 15.9 Å². The fourth-order valence-corrected chi connectivity index (χ4v) is 1.44. The number of thioether (sulfide) groups is 1. The maximum atomic E-state index is 8.25. The second-order valence-corrected chi connectivity index (χ2v) is 2.57. The molecular weight excluding hydrogens is 170 g/mol. The van der Waals surface area contributed by atoms with Crippen molar-refractivity contribution < 1.29 is 4.74 Å². The van der Waals surface area contributed by atoms with Crippen molar-refractivity contribution in [3.63, 3.8) is 0 Å². The Morgan fingerprint density at radius 3 is 3.10 bits per heavy atom. The summed E-state index contributed by atoms with van der Waals surface area (Å²) in [7, 11) is 1.50. The molecule has 0 aliphatic carbocycles. The molecule has 0 aromatic carbocycles. The molecule has 0 amide bonds. The molecule has 0 N–H and O–H groups in total. The highest BCUT2D eigenvalue weighted by Gasteiger charge is 2.06. The van der Waals surface area contributed by atoms with Gasteiger partial charge in [-0.15, -0.1) is 4.37 Å². The van der Waals surface area contributed by atoms with Gasteiger partial charge in [0.1, 0.15) is 5.40 Å². The van der Waals surface area contributed by atoms with E-state index in [1.807, 2.05) is 5.40 Å². The van der Waals surface area contributed by atoms with Crippen molar-refractivity contribution in [3.05, 3.63) is 0 Å². The van der Waals surface area contributed by atoms with E-state index in [2.05, 4.69) is 8.75 Å². The summed E-state index contributed by atoms with van der Waals surface area (Å²) in [6.07, 6.45) is 0. The molecule has 0 unspecified atom stereocenters. The molecule has 0 saturated heterocycles. The number of thiocyanates is 1. The topological polar surface area (TPSA) is 58.8 Å². The fourth-order valence-electron chi connectivity index (χ4n) is 0.403. The molecule has 0 radical (unpaired) electrons. The predicted octanol–water partition coefficient (Wildman–Crippen LogP) is 1.12. The number of hydrogen-bond acceptors (Lipinski definition) is 6. The highest BCUT2D eigenvalue weighted by molar-refractivity contribution is 8.03. The number of nitriles is 1. The summed E-state index contributed by atoms with van der Waals surface area (Å²) in [5.41, 5.74) is 0. The zero-order valence-corrected chi connectivity index (χ0v) is 6.70. The Balaban J connectivity index is 2.82. The van der Waals surface area contributed by atoms with Crippen LogP contribution in [0.4, 0.5) is 0 Å². The highest BCUT2D eigenvalue weighted by atomic mass is 32.2. The molecule has 6 heteroatoms. The van der Waals surface area contributed by atoms with E-state index in [1.54, 1.807) is 0 Å². The lowest BCUT2D eigenvalue weighted by Gasteiger charge is -1.90. The van der Waals surface area contributed by atoms with Crippen LogP contribution in [0.25, 0.3) is 0 Å². The van der Waals surface area contributed by atoms with E-state index in [1.165, 1.54) is 7.11 Å². The van der Waals surface area contributed by atoms with Gasteiger partial charge < -0.3 is 4.74 Å². The van der Waals surface area contributed by atoms with E-state index in [4.69, 9.17) is 10.00 Å². The summed E-state index contributed by atoms with van der Waals surface area (Å²) in [6.45, 7) is 0. The Hall–Kier alpha value is -0.800. The van der Waals surface area contributed by atoms with Gasteiger partial charge in [0.2, 0.25) is 0 Å². The van der Waals surface area contributed by atoms with Gasteiger partial charge in [0.05, 0.1) is 18.8 Å². The van der Waals surface area contributed by atoms with Crippen LogP contribution >= 0.6 is 23.5 Å². The average Bonchev–Trinajstić information content (AvgIpc) is 2.36. The third-order valence-corrected chi connectivity index (χ3v) is 1.94. The normalized spacial score (nSPS) is 8.80. The Morgan fingerprint density at radius 2 is 2.50 bits per heavy atom. The van der Waals surface area contributed by atoms with Crippen molar-refractivity contribution in [2.75, 3.05) is 7.11 Å². The van der Waals surface area contributed by atoms with Crippen LogP contribution < -0.4 is 4.74 Å². The minimum Gasteiger partial charge on any atom is -0.478 e. The van der Waals surface area contributed by atoms with Gasteiger partial charge in [0, 0.05) is 11.8 Å². The summed E-state index contributed by atoms with van der Waals surface area (Å²) in [5, 5.41) is 10.7. The number of aromatic nitrogens is 2. The zero-order chi connectivity index (χ0) is 7.40. The van der Waals surface area contributed by atoms with Gasteiger partial charge >= 0.3 is 0 Å². The predicted molar refractivity (Wildman–Crippen MR) is 37.9 cm³/mol. The van der Waals surface area contributed by atoms with Gasteiger partial charge in [0.25, 0.3) is 5.88 Å². The lowest BCUT2D eigenvalue weighted by Crippen LogP contribution is -1.82. The number of ether oxygens (including phenoxy) is 1. The van der Waals surface area contributed by atoms with Crippen LogP contribution in [0.1, 0.15) is 0 Å². The molecule has 0 aliphatic heterocycles. The van der Waals surface area contributed by atoms with Crippen LogP contribution in [0.2, 0.25) is 0 Å². The molecule has 1 aromatic rings. The first-order valence-electron chi connectivity index (χ1n) is 2.31. The van der Waals surface area contributed by atoms with Gasteiger partial charge in [-0.2, -0.15) is 9.64 Å². The summed E-state index contributed by atoms with van der Waals surface area (Å²) in [4.78, 5) is 0. The summed E-state index contributed by atoms with van der Waals surface area (Å²) >= 11 is 1.98. The van der Waals surface area contributed by atoms with E-state index in [0.717, 1.165) is 23.5 Å². The van der Waals surface area contributed by atoms with E-state index in [-0.39, 0.29) is 0 Å². The molecule has 0 spiro atoms. The standard InChI is InChI=1S/C4H3N3OS2/c1-8-3-4(9-2-5)7-10-6-3/h1H3. The first kappa shape index (κ1) is 7.31. The van der Waals surface area contributed by atoms with Gasteiger partial charge in [-0.25, -0.2) is 0 Å². The van der Waals surface area contributed by atoms with Crippen molar-refractivity contribution in [2.24, 2.45) is 0 Å². The lowest BCUT2D eigenvalue weighted by molar-refractivity contribution is 0.390. The lowest BCUT2D eigenvalue weighted by atomic mass is 10.8. The Labute approximate surface area is 66.2 Å². The number of nitrogens with zero attached hydrogens (tertiary/aromatic N) is 3. The SMILES string of the molecule is COc1nsnc1SC#N. The van der Waals surface area contributed by atoms with Crippen molar-refractivity contribution in [2.45, 2.75) is 5.03 Å². The second-order valence-electron chi connectivity index (χ2n) is 1.27. The minimum absolute atomic E-state index is 0.427. The number of methoxy groups -OCH3 is 1. The third-order valence-electron chi connectivity index (χ3n) is 0.766. The van der Waals surface area contributed by atoms with Gasteiger partial charge in [-0.05, 0) is 0 Å².